The van der Waals surface area contributed by atoms with Crippen molar-refractivity contribution in [1.29, 1.82) is 0 Å². The van der Waals surface area contributed by atoms with Gasteiger partial charge in [-0.25, -0.2) is 0 Å². The minimum absolute atomic E-state index is 0.0746. The van der Waals surface area contributed by atoms with Crippen LogP contribution < -0.4 is 10.6 Å². The molecule has 3 N–H and O–H groups in total. The van der Waals surface area contributed by atoms with Crippen molar-refractivity contribution in [2.45, 2.75) is 39.2 Å². The molecule has 0 aliphatic heterocycles. The molecule has 1 aromatic carbocycles. The van der Waals surface area contributed by atoms with E-state index < -0.39 is 11.5 Å². The van der Waals surface area contributed by atoms with Crippen LogP contribution in [0.3, 0.4) is 0 Å². The van der Waals surface area contributed by atoms with Crippen LogP contribution in [-0.4, -0.2) is 29.1 Å². The molecule has 6 heteroatoms. The number of nitrogens with one attached hydrogen (secondary N) is 2. The first kappa shape index (κ1) is 17.5. The highest BCUT2D eigenvalue weighted by Crippen LogP contribution is 2.20. The van der Waals surface area contributed by atoms with Gasteiger partial charge in [0.15, 0.2) is 0 Å². The maximum atomic E-state index is 11.9. The minimum atomic E-state index is -1.10. The second kappa shape index (κ2) is 7.43. The van der Waals surface area contributed by atoms with Gasteiger partial charge in [-0.15, -0.1) is 0 Å². The summed E-state index contributed by atoms with van der Waals surface area (Å²) in [7, 11) is 0. The Morgan fingerprint density at radius 2 is 2.05 bits per heavy atom. The molecule has 0 fully saturated rings. The van der Waals surface area contributed by atoms with E-state index in [1.54, 1.807) is 19.1 Å². The van der Waals surface area contributed by atoms with Gasteiger partial charge in [0.25, 0.3) is 0 Å². The maximum absolute atomic E-state index is 11.9. The van der Waals surface area contributed by atoms with E-state index >= 15 is 0 Å². The number of rotatable bonds is 7. The zero-order valence-electron chi connectivity index (χ0n) is 12.5. The molecule has 0 spiro atoms. The lowest BCUT2D eigenvalue weighted by atomic mass is 9.96. The summed E-state index contributed by atoms with van der Waals surface area (Å²) in [5.41, 5.74) is 0.416. The largest absolute Gasteiger partial charge is 0.480 e. The number of aliphatic carboxylic acids is 1. The van der Waals surface area contributed by atoms with Crippen LogP contribution in [0.2, 0.25) is 5.02 Å². The standard InChI is InChI=1S/C15H21ClN2O3/c1-4-7-15(3,14(20)21)17-9-13(19)18-12-8-11(16)6-5-10(12)2/h5-6,8,17H,4,7,9H2,1-3H3,(H,18,19)(H,20,21). The molecule has 1 unspecified atom stereocenters. The van der Waals surface area contributed by atoms with Gasteiger partial charge in [-0.05, 0) is 38.0 Å². The SMILES string of the molecule is CCCC(C)(NCC(=O)Nc1cc(Cl)ccc1C)C(=O)O. The number of benzene rings is 1. The number of carboxylic acids is 1. The number of carboxylic acid groups (broad SMARTS) is 1. The quantitative estimate of drug-likeness (QED) is 0.723. The van der Waals surface area contributed by atoms with Gasteiger partial charge < -0.3 is 10.4 Å². The van der Waals surface area contributed by atoms with Gasteiger partial charge in [0, 0.05) is 10.7 Å². The third-order valence-electron chi connectivity index (χ3n) is 3.33. The monoisotopic (exact) mass is 312 g/mol. The molecule has 0 aromatic heterocycles. The topological polar surface area (TPSA) is 78.4 Å². The van der Waals surface area contributed by atoms with Crippen LogP contribution in [0, 0.1) is 6.92 Å². The summed E-state index contributed by atoms with van der Waals surface area (Å²) in [4.78, 5) is 23.2. The number of carbonyl (C=O) groups excluding carboxylic acids is 1. The van der Waals surface area contributed by atoms with Crippen LogP contribution in [0.15, 0.2) is 18.2 Å². The first-order valence-electron chi connectivity index (χ1n) is 6.83. The molecule has 0 bridgehead atoms. The highest BCUT2D eigenvalue weighted by atomic mass is 35.5. The van der Waals surface area contributed by atoms with Gasteiger partial charge in [0.2, 0.25) is 5.91 Å². The van der Waals surface area contributed by atoms with Gasteiger partial charge in [-0.3, -0.25) is 14.9 Å². The molecule has 1 atom stereocenters. The van der Waals surface area contributed by atoms with Crippen molar-refractivity contribution in [1.82, 2.24) is 5.32 Å². The van der Waals surface area contributed by atoms with E-state index in [4.69, 9.17) is 11.6 Å². The minimum Gasteiger partial charge on any atom is -0.480 e. The van der Waals surface area contributed by atoms with E-state index in [9.17, 15) is 14.7 Å². The van der Waals surface area contributed by atoms with Crippen molar-refractivity contribution in [3.63, 3.8) is 0 Å². The van der Waals surface area contributed by atoms with Gasteiger partial charge in [0.1, 0.15) is 5.54 Å². The normalized spacial score (nSPS) is 13.5. The number of hydrogen-bond donors (Lipinski definition) is 3. The third-order valence-corrected chi connectivity index (χ3v) is 3.57. The van der Waals surface area contributed by atoms with Crippen molar-refractivity contribution in [3.8, 4) is 0 Å². The molecule has 0 aliphatic rings. The molecule has 21 heavy (non-hydrogen) atoms. The van der Waals surface area contributed by atoms with E-state index in [2.05, 4.69) is 10.6 Å². The van der Waals surface area contributed by atoms with E-state index in [-0.39, 0.29) is 12.5 Å². The number of halogens is 1. The van der Waals surface area contributed by atoms with Crippen molar-refractivity contribution < 1.29 is 14.7 Å². The van der Waals surface area contributed by atoms with E-state index in [0.29, 0.717) is 23.6 Å². The lowest BCUT2D eigenvalue weighted by Crippen LogP contribution is -2.51. The summed E-state index contributed by atoms with van der Waals surface area (Å²) in [5.74, 6) is -1.26. The first-order valence-corrected chi connectivity index (χ1v) is 7.20. The Bertz CT molecular complexity index is 534. The molecular weight excluding hydrogens is 292 g/mol. The Labute approximate surface area is 129 Å². The second-order valence-corrected chi connectivity index (χ2v) is 5.68. The van der Waals surface area contributed by atoms with Gasteiger partial charge in [-0.2, -0.15) is 0 Å². The van der Waals surface area contributed by atoms with Crippen molar-refractivity contribution in [2.24, 2.45) is 0 Å². The summed E-state index contributed by atoms with van der Waals surface area (Å²) >= 11 is 5.89. The predicted molar refractivity (Wildman–Crippen MR) is 83.8 cm³/mol. The molecule has 0 aliphatic carbocycles. The number of hydrogen-bond acceptors (Lipinski definition) is 3. The highest BCUT2D eigenvalue weighted by Gasteiger charge is 2.31. The van der Waals surface area contributed by atoms with E-state index in [1.165, 1.54) is 0 Å². The second-order valence-electron chi connectivity index (χ2n) is 5.25. The van der Waals surface area contributed by atoms with Gasteiger partial charge in [0.05, 0.1) is 6.54 Å². The summed E-state index contributed by atoms with van der Waals surface area (Å²) in [6.45, 7) is 5.27. The van der Waals surface area contributed by atoms with E-state index in [0.717, 1.165) is 5.56 Å². The molecule has 0 radical (unpaired) electrons. The summed E-state index contributed by atoms with van der Waals surface area (Å²) < 4.78 is 0. The number of aryl methyl sites for hydroxylation is 1. The van der Waals surface area contributed by atoms with Gasteiger partial charge >= 0.3 is 5.97 Å². The lowest BCUT2D eigenvalue weighted by molar-refractivity contribution is -0.144. The van der Waals surface area contributed by atoms with Crippen LogP contribution in [0.5, 0.6) is 0 Å². The highest BCUT2D eigenvalue weighted by molar-refractivity contribution is 6.31. The zero-order valence-corrected chi connectivity index (χ0v) is 13.3. The van der Waals surface area contributed by atoms with Crippen molar-refractivity contribution >= 4 is 29.2 Å². The number of anilines is 1. The predicted octanol–water partition coefficient (Wildman–Crippen LogP) is 2.82. The Hall–Kier alpha value is -1.59. The summed E-state index contributed by atoms with van der Waals surface area (Å²) in [6.07, 6.45) is 1.16. The molecule has 1 amide bonds. The first-order chi connectivity index (χ1) is 9.78. The Morgan fingerprint density at radius 3 is 2.62 bits per heavy atom. The maximum Gasteiger partial charge on any atom is 0.323 e. The van der Waals surface area contributed by atoms with Crippen LogP contribution in [0.4, 0.5) is 5.69 Å². The van der Waals surface area contributed by atoms with Gasteiger partial charge in [-0.1, -0.05) is 31.0 Å². The number of amides is 1. The van der Waals surface area contributed by atoms with Crippen molar-refractivity contribution in [2.75, 3.05) is 11.9 Å². The van der Waals surface area contributed by atoms with Crippen LogP contribution >= 0.6 is 11.6 Å². The third kappa shape index (κ3) is 5.02. The average molecular weight is 313 g/mol. The fraction of sp³-hybridized carbons (Fsp3) is 0.467. The molecule has 1 rings (SSSR count). The Balaban J connectivity index is 2.65. The average Bonchev–Trinajstić information content (AvgIpc) is 2.41. The molecule has 0 heterocycles. The lowest BCUT2D eigenvalue weighted by Gasteiger charge is -2.25. The fourth-order valence-electron chi connectivity index (χ4n) is 1.97. The molecule has 116 valence electrons. The molecular formula is C15H21ClN2O3. The van der Waals surface area contributed by atoms with Crippen LogP contribution in [0.1, 0.15) is 32.3 Å². The van der Waals surface area contributed by atoms with E-state index in [1.807, 2.05) is 19.9 Å². The van der Waals surface area contributed by atoms with Crippen LogP contribution in [0.25, 0.3) is 0 Å². The summed E-state index contributed by atoms with van der Waals surface area (Å²) in [6, 6.07) is 5.22. The zero-order chi connectivity index (χ0) is 16.0. The fourth-order valence-corrected chi connectivity index (χ4v) is 2.14. The van der Waals surface area contributed by atoms with Crippen LogP contribution in [-0.2, 0) is 9.59 Å². The molecule has 0 saturated heterocycles. The molecule has 5 nitrogen and oxygen atoms in total. The smallest absolute Gasteiger partial charge is 0.323 e. The van der Waals surface area contributed by atoms with Crippen molar-refractivity contribution in [3.05, 3.63) is 28.8 Å². The molecule has 1 aromatic rings. The molecule has 0 saturated carbocycles. The summed E-state index contributed by atoms with van der Waals surface area (Å²) in [5, 5.41) is 15.3. The number of carbonyl (C=O) groups is 2. The Morgan fingerprint density at radius 1 is 1.38 bits per heavy atom. The Kier molecular flexibility index (Phi) is 6.18.